The Labute approximate surface area is 186 Å². The number of hydrogen-bond acceptors (Lipinski definition) is 5. The molecule has 1 amide bonds. The third-order valence-electron chi connectivity index (χ3n) is 5.96. The van der Waals surface area contributed by atoms with Crippen LogP contribution in [0.2, 0.25) is 0 Å². The number of nitrogens with two attached hydrogens (primary N) is 1. The summed E-state index contributed by atoms with van der Waals surface area (Å²) in [7, 11) is 0. The van der Waals surface area contributed by atoms with E-state index in [-0.39, 0.29) is 0 Å². The number of imidazole rings is 1. The summed E-state index contributed by atoms with van der Waals surface area (Å²) >= 11 is 0. The van der Waals surface area contributed by atoms with Crippen LogP contribution in [0.3, 0.4) is 0 Å². The van der Waals surface area contributed by atoms with E-state index in [0.29, 0.717) is 16.9 Å². The fourth-order valence-electron chi connectivity index (χ4n) is 4.28. The summed E-state index contributed by atoms with van der Waals surface area (Å²) in [6.45, 7) is 5.03. The number of aromatic nitrogens is 3. The second-order valence-electron chi connectivity index (χ2n) is 8.16. The predicted molar refractivity (Wildman–Crippen MR) is 126 cm³/mol. The Hall–Kier alpha value is -3.71. The molecule has 0 radical (unpaired) electrons. The van der Waals surface area contributed by atoms with Crippen molar-refractivity contribution in [3.8, 4) is 11.4 Å². The second-order valence-corrected chi connectivity index (χ2v) is 8.16. The van der Waals surface area contributed by atoms with Crippen LogP contribution in [-0.4, -0.2) is 51.9 Å². The first kappa shape index (κ1) is 20.2. The van der Waals surface area contributed by atoms with Crippen molar-refractivity contribution in [3.05, 3.63) is 78.0 Å². The fraction of sp³-hybridized carbons (Fsp3) is 0.240. The Morgan fingerprint density at radius 3 is 2.62 bits per heavy atom. The summed E-state index contributed by atoms with van der Waals surface area (Å²) in [6, 6.07) is 20.1. The first-order valence-electron chi connectivity index (χ1n) is 10.9. The van der Waals surface area contributed by atoms with Gasteiger partial charge in [0.15, 0.2) is 0 Å². The number of hydrogen-bond donors (Lipinski definition) is 2. The van der Waals surface area contributed by atoms with E-state index >= 15 is 0 Å². The Kier molecular flexibility index (Phi) is 5.56. The third-order valence-corrected chi connectivity index (χ3v) is 5.96. The number of benzene rings is 2. The molecule has 1 saturated heterocycles. The number of pyridine rings is 1. The molecule has 2 aromatic carbocycles. The van der Waals surface area contributed by atoms with Gasteiger partial charge in [0.2, 0.25) is 0 Å². The maximum absolute atomic E-state index is 11.7. The molecule has 2 aromatic heterocycles. The molecule has 0 bridgehead atoms. The van der Waals surface area contributed by atoms with Crippen LogP contribution in [0.4, 0.5) is 5.82 Å². The number of H-pyrrole nitrogens is 1. The first-order valence-corrected chi connectivity index (χ1v) is 10.9. The zero-order valence-electron chi connectivity index (χ0n) is 17.9. The SMILES string of the molecule is NC(=O)c1cccc2[nH]c(-c3ccc(N4CCCN(Cc5ccccc5)CC4)nc3)nc12. The van der Waals surface area contributed by atoms with Gasteiger partial charge in [-0.25, -0.2) is 9.97 Å². The van der Waals surface area contributed by atoms with Crippen LogP contribution < -0.4 is 10.6 Å². The number of nitrogens with zero attached hydrogens (tertiary/aromatic N) is 4. The number of nitrogens with one attached hydrogen (secondary N) is 1. The van der Waals surface area contributed by atoms with Crippen molar-refractivity contribution in [1.82, 2.24) is 19.9 Å². The van der Waals surface area contributed by atoms with Gasteiger partial charge < -0.3 is 15.6 Å². The predicted octanol–water partition coefficient (Wildman–Crippen LogP) is 3.44. The van der Waals surface area contributed by atoms with Gasteiger partial charge in [-0.3, -0.25) is 9.69 Å². The maximum atomic E-state index is 11.7. The topological polar surface area (TPSA) is 91.1 Å². The van der Waals surface area contributed by atoms with Crippen LogP contribution in [0, 0.1) is 0 Å². The molecule has 7 nitrogen and oxygen atoms in total. The van der Waals surface area contributed by atoms with Crippen molar-refractivity contribution in [2.45, 2.75) is 13.0 Å². The maximum Gasteiger partial charge on any atom is 0.250 e. The van der Waals surface area contributed by atoms with E-state index in [4.69, 9.17) is 10.7 Å². The number of fused-ring (bicyclic) bond motifs is 1. The summed E-state index contributed by atoms with van der Waals surface area (Å²) in [4.78, 5) is 29.1. The number of anilines is 1. The highest BCUT2D eigenvalue weighted by Gasteiger charge is 2.17. The van der Waals surface area contributed by atoms with Crippen molar-refractivity contribution < 1.29 is 4.79 Å². The molecular weight excluding hydrogens is 400 g/mol. The average Bonchev–Trinajstić information content (AvgIpc) is 3.13. The Bertz CT molecular complexity index is 1220. The van der Waals surface area contributed by atoms with Crippen molar-refractivity contribution in [1.29, 1.82) is 0 Å². The van der Waals surface area contributed by atoms with Crippen molar-refractivity contribution in [2.24, 2.45) is 5.73 Å². The minimum Gasteiger partial charge on any atom is -0.366 e. The van der Waals surface area contributed by atoms with Crippen LogP contribution in [0.15, 0.2) is 66.9 Å². The van der Waals surface area contributed by atoms with E-state index < -0.39 is 5.91 Å². The molecule has 1 fully saturated rings. The molecule has 162 valence electrons. The van der Waals surface area contributed by atoms with Gasteiger partial charge in [0, 0.05) is 44.5 Å². The van der Waals surface area contributed by atoms with Crippen LogP contribution in [-0.2, 0) is 6.54 Å². The number of primary amides is 1. The zero-order chi connectivity index (χ0) is 21.9. The van der Waals surface area contributed by atoms with Crippen LogP contribution in [0.1, 0.15) is 22.3 Å². The van der Waals surface area contributed by atoms with Gasteiger partial charge in [-0.1, -0.05) is 36.4 Å². The smallest absolute Gasteiger partial charge is 0.250 e. The largest absolute Gasteiger partial charge is 0.366 e. The molecule has 4 aromatic rings. The molecule has 3 N–H and O–H groups in total. The Morgan fingerprint density at radius 1 is 0.969 bits per heavy atom. The molecule has 5 rings (SSSR count). The molecule has 7 heteroatoms. The fourth-order valence-corrected chi connectivity index (χ4v) is 4.28. The molecule has 0 aliphatic carbocycles. The lowest BCUT2D eigenvalue weighted by molar-refractivity contribution is 0.100. The van der Waals surface area contributed by atoms with Gasteiger partial charge in [0.1, 0.15) is 17.2 Å². The lowest BCUT2D eigenvalue weighted by Gasteiger charge is -2.23. The molecule has 3 heterocycles. The zero-order valence-corrected chi connectivity index (χ0v) is 17.9. The highest BCUT2D eigenvalue weighted by molar-refractivity contribution is 6.04. The molecule has 32 heavy (non-hydrogen) atoms. The average molecular weight is 427 g/mol. The number of para-hydroxylation sites is 1. The number of aromatic amines is 1. The molecular formula is C25H26N6O. The van der Waals surface area contributed by atoms with E-state index in [1.807, 2.05) is 24.4 Å². The minimum atomic E-state index is -0.482. The van der Waals surface area contributed by atoms with Crippen molar-refractivity contribution in [3.63, 3.8) is 0 Å². The molecule has 0 unspecified atom stereocenters. The lowest BCUT2D eigenvalue weighted by atomic mass is 10.2. The number of carbonyl (C=O) groups is 1. The van der Waals surface area contributed by atoms with Crippen molar-refractivity contribution >= 4 is 22.8 Å². The monoisotopic (exact) mass is 426 g/mol. The molecule has 0 atom stereocenters. The Morgan fingerprint density at radius 2 is 1.84 bits per heavy atom. The molecule has 0 spiro atoms. The summed E-state index contributed by atoms with van der Waals surface area (Å²) < 4.78 is 0. The first-order chi connectivity index (χ1) is 15.7. The van der Waals surface area contributed by atoms with Crippen LogP contribution in [0.25, 0.3) is 22.4 Å². The van der Waals surface area contributed by atoms with Gasteiger partial charge in [0.05, 0.1) is 11.1 Å². The second kappa shape index (κ2) is 8.80. The minimum absolute atomic E-state index is 0.416. The highest BCUT2D eigenvalue weighted by Crippen LogP contribution is 2.24. The molecule has 1 aliphatic rings. The van der Waals surface area contributed by atoms with E-state index in [9.17, 15) is 4.79 Å². The quantitative estimate of drug-likeness (QED) is 0.510. The van der Waals surface area contributed by atoms with E-state index in [1.54, 1.807) is 12.1 Å². The van der Waals surface area contributed by atoms with Gasteiger partial charge in [0.25, 0.3) is 5.91 Å². The summed E-state index contributed by atoms with van der Waals surface area (Å²) in [5.41, 5.74) is 9.50. The van der Waals surface area contributed by atoms with Gasteiger partial charge in [-0.05, 0) is 36.2 Å². The van der Waals surface area contributed by atoms with Gasteiger partial charge in [-0.15, -0.1) is 0 Å². The summed E-state index contributed by atoms with van der Waals surface area (Å²) in [5, 5.41) is 0. The standard InChI is InChI=1S/C25H26N6O/c26-24(32)20-8-4-9-21-23(20)29-25(28-21)19-10-11-22(27-16-19)31-13-5-12-30(14-15-31)17-18-6-2-1-3-7-18/h1-4,6-11,16H,5,12-15,17H2,(H2,26,32)(H,28,29). The Balaban J connectivity index is 1.29. The highest BCUT2D eigenvalue weighted by atomic mass is 16.1. The summed E-state index contributed by atoms with van der Waals surface area (Å²) in [5.74, 6) is 1.17. The van der Waals surface area contributed by atoms with E-state index in [0.717, 1.165) is 56.0 Å². The van der Waals surface area contributed by atoms with E-state index in [1.165, 1.54) is 5.56 Å². The third kappa shape index (κ3) is 4.20. The van der Waals surface area contributed by atoms with Gasteiger partial charge in [-0.2, -0.15) is 0 Å². The number of rotatable bonds is 5. The van der Waals surface area contributed by atoms with Crippen LogP contribution in [0.5, 0.6) is 0 Å². The van der Waals surface area contributed by atoms with Gasteiger partial charge >= 0.3 is 0 Å². The lowest BCUT2D eigenvalue weighted by Crippen LogP contribution is -2.30. The van der Waals surface area contributed by atoms with E-state index in [2.05, 4.69) is 50.1 Å². The molecule has 0 saturated carbocycles. The number of amides is 1. The molecule has 1 aliphatic heterocycles. The summed E-state index contributed by atoms with van der Waals surface area (Å²) in [6.07, 6.45) is 2.94. The van der Waals surface area contributed by atoms with Crippen LogP contribution >= 0.6 is 0 Å². The van der Waals surface area contributed by atoms with Crippen molar-refractivity contribution in [2.75, 3.05) is 31.1 Å². The number of carbonyl (C=O) groups excluding carboxylic acids is 1. The normalized spacial score (nSPS) is 15.1.